The number of anilines is 2. The monoisotopic (exact) mass is 340 g/mol. The summed E-state index contributed by atoms with van der Waals surface area (Å²) in [7, 11) is 0. The molecule has 0 bridgehead atoms. The maximum Gasteiger partial charge on any atom is 0.451 e. The van der Waals surface area contributed by atoms with E-state index in [0.29, 0.717) is 5.01 Å². The van der Waals surface area contributed by atoms with Crippen molar-refractivity contribution >= 4 is 33.5 Å². The van der Waals surface area contributed by atoms with Crippen LogP contribution in [0.5, 0.6) is 0 Å². The van der Waals surface area contributed by atoms with Crippen molar-refractivity contribution in [2.75, 3.05) is 11.1 Å². The first-order chi connectivity index (χ1) is 10.8. The van der Waals surface area contributed by atoms with Crippen LogP contribution in [0.2, 0.25) is 0 Å². The molecule has 2 aromatic heterocycles. The van der Waals surface area contributed by atoms with Gasteiger partial charge in [-0.3, -0.25) is 0 Å². The highest BCUT2D eigenvalue weighted by atomic mass is 32.1. The molecule has 0 saturated heterocycles. The summed E-state index contributed by atoms with van der Waals surface area (Å²) in [5.41, 5.74) is 6.14. The minimum absolute atomic E-state index is 0.239. The molecule has 3 N–H and O–H groups in total. The Kier molecular flexibility index (Phi) is 3.76. The molecule has 0 aliphatic carbocycles. The number of rotatable bonds is 3. The number of thiazole rings is 1. The molecule has 0 amide bonds. The third-order valence-corrected chi connectivity index (χ3v) is 4.15. The molecule has 0 aliphatic rings. The molecule has 23 heavy (non-hydrogen) atoms. The Morgan fingerprint density at radius 1 is 1.13 bits per heavy atom. The van der Waals surface area contributed by atoms with Gasteiger partial charge in [-0.05, 0) is 19.1 Å². The van der Waals surface area contributed by atoms with Gasteiger partial charge in [0.1, 0.15) is 5.01 Å². The van der Waals surface area contributed by atoms with Crippen LogP contribution in [0.1, 0.15) is 23.8 Å². The first kappa shape index (κ1) is 15.4. The Hall–Kier alpha value is -2.49. The molecule has 120 valence electrons. The summed E-state index contributed by atoms with van der Waals surface area (Å²) in [6, 6.07) is 7.17. The van der Waals surface area contributed by atoms with Crippen LogP contribution in [0.3, 0.4) is 0 Å². The van der Waals surface area contributed by atoms with E-state index in [1.54, 1.807) is 6.92 Å². The van der Waals surface area contributed by atoms with E-state index in [0.717, 1.165) is 10.2 Å². The summed E-state index contributed by atoms with van der Waals surface area (Å²) in [6.45, 7) is 1.75. The summed E-state index contributed by atoms with van der Waals surface area (Å²) in [5.74, 6) is -2.06. The molecule has 1 atom stereocenters. The molecule has 0 fully saturated rings. The predicted molar refractivity (Wildman–Crippen MR) is 80.9 cm³/mol. The molecule has 3 rings (SSSR count). The lowest BCUT2D eigenvalue weighted by atomic mass is 10.3. The molecule has 6 nitrogen and oxygen atoms in total. The average Bonchev–Trinajstić information content (AvgIpc) is 2.89. The number of nitrogens with one attached hydrogen (secondary N) is 1. The van der Waals surface area contributed by atoms with Crippen LogP contribution in [0.25, 0.3) is 10.2 Å². The first-order valence-electron chi connectivity index (χ1n) is 6.53. The lowest BCUT2D eigenvalue weighted by Crippen LogP contribution is -2.17. The third-order valence-electron chi connectivity index (χ3n) is 2.93. The van der Waals surface area contributed by atoms with E-state index in [4.69, 9.17) is 5.73 Å². The highest BCUT2D eigenvalue weighted by Crippen LogP contribution is 2.29. The van der Waals surface area contributed by atoms with Crippen LogP contribution in [-0.4, -0.2) is 19.9 Å². The van der Waals surface area contributed by atoms with Gasteiger partial charge in [0.05, 0.1) is 16.3 Å². The maximum atomic E-state index is 12.7. The number of benzene rings is 1. The van der Waals surface area contributed by atoms with Crippen molar-refractivity contribution in [1.82, 2.24) is 19.9 Å². The molecule has 0 radical (unpaired) electrons. The molecule has 3 aromatic rings. The summed E-state index contributed by atoms with van der Waals surface area (Å²) in [6.07, 6.45) is -4.69. The van der Waals surface area contributed by atoms with Gasteiger partial charge in [0.15, 0.2) is 0 Å². The van der Waals surface area contributed by atoms with Gasteiger partial charge in [-0.15, -0.1) is 11.3 Å². The molecule has 0 spiro atoms. The van der Waals surface area contributed by atoms with Crippen molar-refractivity contribution < 1.29 is 13.2 Å². The van der Waals surface area contributed by atoms with E-state index < -0.39 is 17.9 Å². The zero-order valence-corrected chi connectivity index (χ0v) is 12.6. The van der Waals surface area contributed by atoms with E-state index in [1.807, 2.05) is 24.3 Å². The summed E-state index contributed by atoms with van der Waals surface area (Å²) < 4.78 is 39.1. The fraction of sp³-hybridized carbons (Fsp3) is 0.231. The molecule has 0 aliphatic heterocycles. The van der Waals surface area contributed by atoms with E-state index in [9.17, 15) is 13.2 Å². The number of nitrogens with zero attached hydrogens (tertiary/aromatic N) is 4. The Labute approximate surface area is 132 Å². The number of nitrogens with two attached hydrogens (primary N) is 1. The fourth-order valence-corrected chi connectivity index (χ4v) is 2.88. The minimum atomic E-state index is -4.69. The van der Waals surface area contributed by atoms with Crippen LogP contribution in [0.4, 0.5) is 25.1 Å². The number of nitrogen functional groups attached to an aromatic ring is 1. The first-order valence-corrected chi connectivity index (χ1v) is 7.35. The number of hydrogen-bond acceptors (Lipinski definition) is 7. The van der Waals surface area contributed by atoms with Gasteiger partial charge in [0.25, 0.3) is 0 Å². The fourth-order valence-electron chi connectivity index (χ4n) is 1.91. The third kappa shape index (κ3) is 3.31. The molecule has 1 aromatic carbocycles. The topological polar surface area (TPSA) is 89.6 Å². The normalized spacial score (nSPS) is 13.2. The smallest absolute Gasteiger partial charge is 0.368 e. The zero-order chi connectivity index (χ0) is 16.6. The molecule has 2 heterocycles. The molecular weight excluding hydrogens is 329 g/mol. The van der Waals surface area contributed by atoms with Crippen LogP contribution < -0.4 is 11.1 Å². The highest BCUT2D eigenvalue weighted by Gasteiger charge is 2.35. The van der Waals surface area contributed by atoms with Gasteiger partial charge in [-0.1, -0.05) is 12.1 Å². The van der Waals surface area contributed by atoms with E-state index in [-0.39, 0.29) is 12.0 Å². The lowest BCUT2D eigenvalue weighted by Gasteiger charge is -2.12. The van der Waals surface area contributed by atoms with Crippen molar-refractivity contribution in [2.45, 2.75) is 19.1 Å². The second kappa shape index (κ2) is 5.61. The number of para-hydroxylation sites is 1. The maximum absolute atomic E-state index is 12.7. The standard InChI is InChI=1S/C13H11F3N6S/c1-6(9-19-7-4-2-3-5-8(7)23-9)18-12-21-10(13(14,15)16)20-11(17)22-12/h2-6H,1H3,(H3,17,18,20,21,22). The van der Waals surface area contributed by atoms with Crippen molar-refractivity contribution in [1.29, 1.82) is 0 Å². The number of fused-ring (bicyclic) bond motifs is 1. The number of hydrogen-bond donors (Lipinski definition) is 2. The lowest BCUT2D eigenvalue weighted by molar-refractivity contribution is -0.144. The zero-order valence-electron chi connectivity index (χ0n) is 11.8. The molecular formula is C13H11F3N6S. The Bertz CT molecular complexity index is 814. The Morgan fingerprint density at radius 3 is 2.57 bits per heavy atom. The number of aromatic nitrogens is 4. The number of alkyl halides is 3. The highest BCUT2D eigenvalue weighted by molar-refractivity contribution is 7.18. The largest absolute Gasteiger partial charge is 0.451 e. The van der Waals surface area contributed by atoms with Crippen molar-refractivity contribution in [3.63, 3.8) is 0 Å². The van der Waals surface area contributed by atoms with Crippen LogP contribution in [0, 0.1) is 0 Å². The molecule has 10 heteroatoms. The quantitative estimate of drug-likeness (QED) is 0.761. The Balaban J connectivity index is 1.87. The molecule has 1 unspecified atom stereocenters. The molecule has 0 saturated carbocycles. The average molecular weight is 340 g/mol. The van der Waals surface area contributed by atoms with E-state index >= 15 is 0 Å². The van der Waals surface area contributed by atoms with Crippen molar-refractivity contribution in [2.24, 2.45) is 0 Å². The van der Waals surface area contributed by atoms with E-state index in [2.05, 4.69) is 25.3 Å². The van der Waals surface area contributed by atoms with Gasteiger partial charge >= 0.3 is 6.18 Å². The van der Waals surface area contributed by atoms with Gasteiger partial charge in [0.2, 0.25) is 17.7 Å². The minimum Gasteiger partial charge on any atom is -0.368 e. The van der Waals surface area contributed by atoms with Gasteiger partial charge in [-0.2, -0.15) is 28.1 Å². The van der Waals surface area contributed by atoms with Gasteiger partial charge in [-0.25, -0.2) is 4.98 Å². The Morgan fingerprint density at radius 2 is 1.87 bits per heavy atom. The van der Waals surface area contributed by atoms with Crippen LogP contribution in [-0.2, 0) is 6.18 Å². The van der Waals surface area contributed by atoms with Crippen LogP contribution >= 0.6 is 11.3 Å². The second-order valence-corrected chi connectivity index (χ2v) is 5.79. The van der Waals surface area contributed by atoms with Gasteiger partial charge in [0, 0.05) is 0 Å². The number of halogens is 3. The van der Waals surface area contributed by atoms with Crippen molar-refractivity contribution in [3.8, 4) is 0 Å². The SMILES string of the molecule is CC(Nc1nc(N)nc(C(F)(F)F)n1)c1nc2ccccc2s1. The van der Waals surface area contributed by atoms with Gasteiger partial charge < -0.3 is 11.1 Å². The summed E-state index contributed by atoms with van der Waals surface area (Å²) in [4.78, 5) is 14.6. The van der Waals surface area contributed by atoms with Crippen molar-refractivity contribution in [3.05, 3.63) is 35.1 Å². The van der Waals surface area contributed by atoms with E-state index in [1.165, 1.54) is 11.3 Å². The summed E-state index contributed by atoms with van der Waals surface area (Å²) >= 11 is 1.44. The second-order valence-electron chi connectivity index (χ2n) is 4.72. The summed E-state index contributed by atoms with van der Waals surface area (Å²) in [5, 5.41) is 3.49. The van der Waals surface area contributed by atoms with Crippen LogP contribution in [0.15, 0.2) is 24.3 Å². The predicted octanol–water partition coefficient (Wildman–Crippen LogP) is 3.26.